The van der Waals surface area contributed by atoms with Gasteiger partial charge in [0.1, 0.15) is 0 Å². The molecule has 0 aromatic carbocycles. The first-order valence-corrected chi connectivity index (χ1v) is 9.47. The largest absolute Gasteiger partial charge is 0.393 e. The molecule has 0 aromatic heterocycles. The quantitative estimate of drug-likeness (QED) is 0.401. The Labute approximate surface area is 181 Å². The summed E-state index contributed by atoms with van der Waals surface area (Å²) in [4.78, 5) is 0. The van der Waals surface area contributed by atoms with Crippen molar-refractivity contribution in [2.24, 2.45) is 28.6 Å². The van der Waals surface area contributed by atoms with Crippen molar-refractivity contribution in [3.8, 4) is 0 Å². The van der Waals surface area contributed by atoms with E-state index in [9.17, 15) is 5.11 Å². The molecule has 0 amide bonds. The van der Waals surface area contributed by atoms with Gasteiger partial charge in [0.2, 0.25) is 0 Å². The first-order valence-electron chi connectivity index (χ1n) is 9.09. The van der Waals surface area contributed by atoms with Crippen molar-refractivity contribution < 1.29 is 49.2 Å². The number of fused-ring (bicyclic) bond motifs is 5. The van der Waals surface area contributed by atoms with Gasteiger partial charge in [-0.25, -0.2) is 0 Å². The van der Waals surface area contributed by atoms with Crippen molar-refractivity contribution in [2.75, 3.05) is 0 Å². The van der Waals surface area contributed by atoms with E-state index >= 15 is 0 Å². The molecule has 1 radical (unpaired) electrons. The Morgan fingerprint density at radius 3 is 2.52 bits per heavy atom. The van der Waals surface area contributed by atoms with E-state index in [0.717, 1.165) is 30.6 Å². The molecule has 0 aliphatic heterocycles. The summed E-state index contributed by atoms with van der Waals surface area (Å²) >= 11 is 6.73. The van der Waals surface area contributed by atoms with Gasteiger partial charge in [-0.1, -0.05) is 42.7 Å². The average molecular weight is 548 g/mol. The molecule has 0 spiro atoms. The predicted octanol–water partition coefficient (Wildman–Crippen LogP) is 5.43. The molecular weight excluding hydrogens is 519 g/mol. The second-order valence-electron chi connectivity index (χ2n) is 8.91. The maximum absolute atomic E-state index is 10.1. The average Bonchev–Trinajstić information content (AvgIpc) is 2.72. The number of hydrogen-bond acceptors (Lipinski definition) is 1. The number of aliphatic hydroxyl groups excluding tert-OH is 1. The molecule has 4 aliphatic rings. The van der Waals surface area contributed by atoms with Gasteiger partial charge < -0.3 is 5.11 Å². The van der Waals surface area contributed by atoms with Gasteiger partial charge in [0.05, 0.1) is 6.10 Å². The summed E-state index contributed by atoms with van der Waals surface area (Å²) in [5, 5.41) is 11.2. The maximum atomic E-state index is 10.1. The van der Waals surface area contributed by atoms with Crippen LogP contribution < -0.4 is 0 Å². The molecular formula is C20H29AcClO. The normalized spacial score (nSPS) is 48.8. The molecule has 4 aliphatic carbocycles. The zero-order valence-corrected chi connectivity index (χ0v) is 20.2. The van der Waals surface area contributed by atoms with Crippen molar-refractivity contribution in [3.05, 3.63) is 22.3 Å². The van der Waals surface area contributed by atoms with Gasteiger partial charge in [-0.05, 0) is 75.0 Å². The molecule has 3 heteroatoms. The van der Waals surface area contributed by atoms with Gasteiger partial charge >= 0.3 is 0 Å². The van der Waals surface area contributed by atoms with Crippen molar-refractivity contribution >= 4 is 11.6 Å². The zero-order valence-electron chi connectivity index (χ0n) is 14.7. The molecule has 6 atom stereocenters. The Bertz CT molecular complexity index is 568. The first-order chi connectivity index (χ1) is 10.4. The summed E-state index contributed by atoms with van der Waals surface area (Å²) < 4.78 is 0. The van der Waals surface area contributed by atoms with Crippen LogP contribution in [0.25, 0.3) is 0 Å². The summed E-state index contributed by atoms with van der Waals surface area (Å²) in [6.07, 6.45) is 10.4. The van der Waals surface area contributed by atoms with Gasteiger partial charge in [-0.3, -0.25) is 0 Å². The fraction of sp³-hybridized carbons (Fsp3) is 0.800. The SMILES string of the molecule is CC1=C(Cl)C2(C)CCC3C(CC=C4CC(O)CCC43C)C2C1.[Ac]. The Morgan fingerprint density at radius 2 is 1.78 bits per heavy atom. The molecule has 0 saturated heterocycles. The smallest absolute Gasteiger partial charge is 0.0577 e. The van der Waals surface area contributed by atoms with Crippen LogP contribution in [0.15, 0.2) is 22.3 Å². The summed E-state index contributed by atoms with van der Waals surface area (Å²) in [5.41, 5.74) is 3.58. The van der Waals surface area contributed by atoms with Crippen LogP contribution in [-0.4, -0.2) is 11.2 Å². The number of rotatable bonds is 0. The van der Waals surface area contributed by atoms with E-state index in [1.807, 2.05) is 0 Å². The van der Waals surface area contributed by atoms with Gasteiger partial charge in [-0.2, -0.15) is 0 Å². The minimum atomic E-state index is -0.102. The molecule has 125 valence electrons. The molecule has 0 aromatic rings. The van der Waals surface area contributed by atoms with Crippen molar-refractivity contribution in [2.45, 2.75) is 71.8 Å². The standard InChI is InChI=1S/C20H29ClO.Ac/c1-12-10-17-15-5-4-13-11-14(22)6-8-19(13,2)16(15)7-9-20(17,3)18(12)21;/h4,14-17,22H,5-11H2,1-3H3;. The summed E-state index contributed by atoms with van der Waals surface area (Å²) in [7, 11) is 0. The molecule has 6 unspecified atom stereocenters. The number of aliphatic hydroxyl groups is 1. The van der Waals surface area contributed by atoms with E-state index in [2.05, 4.69) is 26.8 Å². The van der Waals surface area contributed by atoms with Crippen molar-refractivity contribution in [1.82, 2.24) is 0 Å². The molecule has 2 saturated carbocycles. The topological polar surface area (TPSA) is 20.2 Å². The van der Waals surface area contributed by atoms with Crippen LogP contribution in [0.1, 0.15) is 65.7 Å². The van der Waals surface area contributed by atoms with Crippen molar-refractivity contribution in [3.63, 3.8) is 0 Å². The van der Waals surface area contributed by atoms with Crippen LogP contribution in [0, 0.1) is 72.6 Å². The third kappa shape index (κ3) is 2.69. The van der Waals surface area contributed by atoms with E-state index in [-0.39, 0.29) is 55.6 Å². The monoisotopic (exact) mass is 547 g/mol. The van der Waals surface area contributed by atoms with Gasteiger partial charge in [0, 0.05) is 54.5 Å². The number of hydrogen-bond donors (Lipinski definition) is 1. The Kier molecular flexibility index (Phi) is 5.28. The Balaban J connectivity index is 0.00000156. The molecule has 2 fully saturated rings. The molecule has 4 rings (SSSR count). The van der Waals surface area contributed by atoms with Crippen LogP contribution in [0.5, 0.6) is 0 Å². The van der Waals surface area contributed by atoms with E-state index in [0.29, 0.717) is 5.41 Å². The second kappa shape index (κ2) is 6.40. The third-order valence-corrected chi connectivity index (χ3v) is 8.62. The van der Waals surface area contributed by atoms with Gasteiger partial charge in [-0.15, -0.1) is 0 Å². The Morgan fingerprint density at radius 1 is 1.09 bits per heavy atom. The van der Waals surface area contributed by atoms with E-state index < -0.39 is 0 Å². The minimum Gasteiger partial charge on any atom is -0.393 e. The van der Waals surface area contributed by atoms with Gasteiger partial charge in [0.15, 0.2) is 0 Å². The number of halogens is 1. The number of allylic oxidation sites excluding steroid dienone is 3. The summed E-state index contributed by atoms with van der Waals surface area (Å²) in [5.74, 6) is 2.32. The third-order valence-electron chi connectivity index (χ3n) is 7.87. The Hall–Kier alpha value is 1.17. The van der Waals surface area contributed by atoms with Gasteiger partial charge in [0.25, 0.3) is 0 Å². The fourth-order valence-electron chi connectivity index (χ4n) is 6.52. The van der Waals surface area contributed by atoms with Crippen molar-refractivity contribution in [1.29, 1.82) is 0 Å². The summed E-state index contributed by atoms with van der Waals surface area (Å²) in [6.45, 7) is 7.14. The predicted molar refractivity (Wildman–Crippen MR) is 91.6 cm³/mol. The second-order valence-corrected chi connectivity index (χ2v) is 9.29. The van der Waals surface area contributed by atoms with Crippen LogP contribution in [0.3, 0.4) is 0 Å². The van der Waals surface area contributed by atoms with E-state index in [1.54, 1.807) is 5.57 Å². The molecule has 23 heavy (non-hydrogen) atoms. The molecule has 1 N–H and O–H groups in total. The molecule has 0 bridgehead atoms. The molecule has 0 heterocycles. The maximum Gasteiger partial charge on any atom is 0.0577 e. The van der Waals surface area contributed by atoms with E-state index in [1.165, 1.54) is 42.7 Å². The fourth-order valence-corrected chi connectivity index (χ4v) is 6.83. The van der Waals surface area contributed by atoms with Crippen LogP contribution in [-0.2, 0) is 0 Å². The van der Waals surface area contributed by atoms with Crippen LogP contribution in [0.4, 0.5) is 0 Å². The van der Waals surface area contributed by atoms with E-state index in [4.69, 9.17) is 11.6 Å². The molecule has 1 nitrogen and oxygen atoms in total. The van der Waals surface area contributed by atoms with Crippen LogP contribution >= 0.6 is 11.6 Å². The summed E-state index contributed by atoms with van der Waals surface area (Å²) in [6, 6.07) is 0. The minimum absolute atomic E-state index is 0. The first kappa shape index (κ1) is 18.9. The zero-order chi connectivity index (χ0) is 15.7. The van der Waals surface area contributed by atoms with Crippen LogP contribution in [0.2, 0.25) is 0 Å².